The molecule has 4 nitrogen and oxygen atoms in total. The van der Waals surface area contributed by atoms with E-state index < -0.39 is 0 Å². The van der Waals surface area contributed by atoms with E-state index in [1.807, 2.05) is 18.3 Å². The molecule has 1 amide bonds. The maximum atomic E-state index is 11.6. The minimum atomic E-state index is 0.00476. The summed E-state index contributed by atoms with van der Waals surface area (Å²) in [6.07, 6.45) is 2.31. The Morgan fingerprint density at radius 2 is 2.00 bits per heavy atom. The van der Waals surface area contributed by atoms with Crippen LogP contribution in [0.3, 0.4) is 0 Å². The average Bonchev–Trinajstić information content (AvgIpc) is 3.09. The van der Waals surface area contributed by atoms with Gasteiger partial charge in [-0.15, -0.1) is 0 Å². The predicted molar refractivity (Wildman–Crippen MR) is 102 cm³/mol. The van der Waals surface area contributed by atoms with Gasteiger partial charge in [0.05, 0.1) is 17.6 Å². The molecule has 0 aliphatic rings. The lowest BCUT2D eigenvalue weighted by Gasteiger charge is -2.09. The number of nitrogens with zero attached hydrogens (tertiary/aromatic N) is 1. The lowest BCUT2D eigenvalue weighted by molar-refractivity contribution is -0.119. The van der Waals surface area contributed by atoms with Gasteiger partial charge in [-0.2, -0.15) is 0 Å². The van der Waals surface area contributed by atoms with Crippen LogP contribution < -0.4 is 5.32 Å². The molecule has 2 aromatic heterocycles. The number of hydrogen-bond donors (Lipinski definition) is 2. The zero-order valence-electron chi connectivity index (χ0n) is 14.3. The van der Waals surface area contributed by atoms with Gasteiger partial charge in [0, 0.05) is 35.1 Å². The number of likely N-dealkylation sites (N-methyl/N-ethyl adjacent to an activating group) is 1. The summed E-state index contributed by atoms with van der Waals surface area (Å²) < 4.78 is 0. The number of carbonyl (C=O) groups excluding carboxylic acids is 1. The molecule has 0 bridgehead atoms. The fraction of sp³-hybridized carbons (Fsp3) is 0.143. The Morgan fingerprint density at radius 1 is 1.12 bits per heavy atom. The number of nitrogens with one attached hydrogen (secondary N) is 2. The molecular formula is C21H19N3O. The first-order chi connectivity index (χ1) is 12.1. The standard InChI is InChI=1S/C21H19N3O/c1-13-9-19(15-4-6-18-16(12-15)7-8-23-18)24-20-10-14(3-5-17(13)20)11-21(25)22-2/h3-10,12,23H,11H2,1-2H3,(H,22,25). The van der Waals surface area contributed by atoms with Crippen molar-refractivity contribution in [1.82, 2.24) is 15.3 Å². The Kier molecular flexibility index (Phi) is 3.73. The summed E-state index contributed by atoms with van der Waals surface area (Å²) in [5.41, 5.74) is 6.23. The van der Waals surface area contributed by atoms with Crippen LogP contribution in [0.25, 0.3) is 33.1 Å². The third-order valence-corrected chi connectivity index (χ3v) is 4.57. The number of aromatic nitrogens is 2. The lowest BCUT2D eigenvalue weighted by Crippen LogP contribution is -2.19. The molecule has 25 heavy (non-hydrogen) atoms. The van der Waals surface area contributed by atoms with Gasteiger partial charge >= 0.3 is 0 Å². The fourth-order valence-corrected chi connectivity index (χ4v) is 3.19. The van der Waals surface area contributed by atoms with E-state index in [2.05, 4.69) is 53.6 Å². The first kappa shape index (κ1) is 15.4. The highest BCUT2D eigenvalue weighted by Crippen LogP contribution is 2.27. The van der Waals surface area contributed by atoms with E-state index in [0.29, 0.717) is 6.42 Å². The lowest BCUT2D eigenvalue weighted by atomic mass is 10.0. The van der Waals surface area contributed by atoms with E-state index in [4.69, 9.17) is 4.98 Å². The minimum absolute atomic E-state index is 0.00476. The molecule has 2 heterocycles. The summed E-state index contributed by atoms with van der Waals surface area (Å²) in [6, 6.07) is 16.5. The van der Waals surface area contributed by atoms with Gasteiger partial charge in [0.25, 0.3) is 0 Å². The second-order valence-corrected chi connectivity index (χ2v) is 6.31. The van der Waals surface area contributed by atoms with Crippen molar-refractivity contribution in [2.45, 2.75) is 13.3 Å². The number of pyridine rings is 1. The maximum Gasteiger partial charge on any atom is 0.224 e. The second-order valence-electron chi connectivity index (χ2n) is 6.31. The third-order valence-electron chi connectivity index (χ3n) is 4.57. The van der Waals surface area contributed by atoms with Crippen molar-refractivity contribution in [3.05, 3.63) is 65.9 Å². The highest BCUT2D eigenvalue weighted by molar-refractivity contribution is 5.89. The molecule has 0 atom stereocenters. The highest BCUT2D eigenvalue weighted by atomic mass is 16.1. The quantitative estimate of drug-likeness (QED) is 0.597. The zero-order chi connectivity index (χ0) is 17.4. The van der Waals surface area contributed by atoms with Crippen LogP contribution in [-0.2, 0) is 11.2 Å². The summed E-state index contributed by atoms with van der Waals surface area (Å²) in [5, 5.41) is 4.95. The summed E-state index contributed by atoms with van der Waals surface area (Å²) in [4.78, 5) is 19.7. The number of H-pyrrole nitrogens is 1. The van der Waals surface area contributed by atoms with Crippen LogP contribution in [-0.4, -0.2) is 22.9 Å². The Bertz CT molecular complexity index is 1090. The van der Waals surface area contributed by atoms with Crippen molar-refractivity contribution in [3.8, 4) is 11.3 Å². The number of hydrogen-bond acceptors (Lipinski definition) is 2. The van der Waals surface area contributed by atoms with Gasteiger partial charge in [-0.1, -0.05) is 18.2 Å². The predicted octanol–water partition coefficient (Wildman–Crippen LogP) is 3.98. The molecule has 4 aromatic rings. The van der Waals surface area contributed by atoms with Gasteiger partial charge in [0.1, 0.15) is 0 Å². The maximum absolute atomic E-state index is 11.6. The van der Waals surface area contributed by atoms with Gasteiger partial charge in [0.15, 0.2) is 0 Å². The second kappa shape index (κ2) is 6.06. The average molecular weight is 329 g/mol. The number of fused-ring (bicyclic) bond motifs is 2. The molecule has 0 aliphatic heterocycles. The van der Waals surface area contributed by atoms with Crippen molar-refractivity contribution in [2.24, 2.45) is 0 Å². The van der Waals surface area contributed by atoms with Crippen molar-refractivity contribution >= 4 is 27.7 Å². The van der Waals surface area contributed by atoms with Crippen LogP contribution in [0.1, 0.15) is 11.1 Å². The number of amides is 1. The third kappa shape index (κ3) is 2.87. The molecule has 0 unspecified atom stereocenters. The Hall–Kier alpha value is -3.14. The normalized spacial score (nSPS) is 11.1. The minimum Gasteiger partial charge on any atom is -0.361 e. The van der Waals surface area contributed by atoms with Crippen LogP contribution in [0, 0.1) is 6.92 Å². The van der Waals surface area contributed by atoms with Crippen LogP contribution in [0.2, 0.25) is 0 Å². The van der Waals surface area contributed by atoms with E-state index in [9.17, 15) is 4.79 Å². The summed E-state index contributed by atoms with van der Waals surface area (Å²) in [6.45, 7) is 2.10. The largest absolute Gasteiger partial charge is 0.361 e. The van der Waals surface area contributed by atoms with Gasteiger partial charge in [-0.3, -0.25) is 4.79 Å². The SMILES string of the molecule is CNC(=O)Cc1ccc2c(C)cc(-c3ccc4[nH]ccc4c3)nc2c1. The molecule has 0 fully saturated rings. The number of aryl methyl sites for hydroxylation is 1. The molecule has 0 radical (unpaired) electrons. The smallest absolute Gasteiger partial charge is 0.224 e. The monoisotopic (exact) mass is 329 g/mol. The molecule has 2 aromatic carbocycles. The van der Waals surface area contributed by atoms with Crippen LogP contribution >= 0.6 is 0 Å². The molecule has 124 valence electrons. The molecule has 4 rings (SSSR count). The molecule has 4 heteroatoms. The number of carbonyl (C=O) groups is 1. The molecule has 2 N–H and O–H groups in total. The van der Waals surface area contributed by atoms with Crippen LogP contribution in [0.5, 0.6) is 0 Å². The van der Waals surface area contributed by atoms with E-state index >= 15 is 0 Å². The Balaban J connectivity index is 1.82. The zero-order valence-corrected chi connectivity index (χ0v) is 14.3. The summed E-state index contributed by atoms with van der Waals surface area (Å²) >= 11 is 0. The van der Waals surface area contributed by atoms with Crippen molar-refractivity contribution in [2.75, 3.05) is 7.05 Å². The number of aromatic amines is 1. The van der Waals surface area contributed by atoms with Crippen molar-refractivity contribution in [3.63, 3.8) is 0 Å². The molecule has 0 saturated heterocycles. The Labute approximate surface area is 145 Å². The van der Waals surface area contributed by atoms with E-state index in [-0.39, 0.29) is 5.91 Å². The molecule has 0 spiro atoms. The first-order valence-corrected chi connectivity index (χ1v) is 8.32. The topological polar surface area (TPSA) is 57.8 Å². The summed E-state index contributed by atoms with van der Waals surface area (Å²) in [5.74, 6) is 0.00476. The van der Waals surface area contributed by atoms with E-state index in [0.717, 1.165) is 33.2 Å². The van der Waals surface area contributed by atoms with Gasteiger partial charge in [-0.25, -0.2) is 4.98 Å². The van der Waals surface area contributed by atoms with Gasteiger partial charge in [0.2, 0.25) is 5.91 Å². The highest BCUT2D eigenvalue weighted by Gasteiger charge is 2.08. The summed E-state index contributed by atoms with van der Waals surface area (Å²) in [7, 11) is 1.65. The van der Waals surface area contributed by atoms with Gasteiger partial charge in [-0.05, 0) is 48.4 Å². The van der Waals surface area contributed by atoms with Gasteiger partial charge < -0.3 is 10.3 Å². The number of benzene rings is 2. The van der Waals surface area contributed by atoms with E-state index in [1.165, 1.54) is 10.9 Å². The van der Waals surface area contributed by atoms with E-state index in [1.54, 1.807) is 7.05 Å². The molecular weight excluding hydrogens is 310 g/mol. The number of rotatable bonds is 3. The molecule has 0 saturated carbocycles. The first-order valence-electron chi connectivity index (χ1n) is 8.32. The van der Waals surface area contributed by atoms with Crippen molar-refractivity contribution in [1.29, 1.82) is 0 Å². The molecule has 0 aliphatic carbocycles. The fourth-order valence-electron chi connectivity index (χ4n) is 3.19. The van der Waals surface area contributed by atoms with Crippen molar-refractivity contribution < 1.29 is 4.79 Å². The van der Waals surface area contributed by atoms with Crippen LogP contribution in [0.15, 0.2) is 54.7 Å². The van der Waals surface area contributed by atoms with Crippen LogP contribution in [0.4, 0.5) is 0 Å². The Morgan fingerprint density at radius 3 is 2.84 bits per heavy atom.